The first-order chi connectivity index (χ1) is 15.7. The molecule has 0 bridgehead atoms. The Morgan fingerprint density at radius 2 is 1.94 bits per heavy atom. The number of hydrogen-bond donors (Lipinski definition) is 1. The molecular formula is C22H22F4N6O. The monoisotopic (exact) mass is 462 g/mol. The van der Waals surface area contributed by atoms with Gasteiger partial charge in [0.05, 0.1) is 29.6 Å². The van der Waals surface area contributed by atoms with Gasteiger partial charge in [0.15, 0.2) is 0 Å². The Kier molecular flexibility index (Phi) is 6.30. The van der Waals surface area contributed by atoms with Crippen LogP contribution in [0.25, 0.3) is 5.69 Å². The quantitative estimate of drug-likeness (QED) is 0.576. The molecule has 2 atom stereocenters. The maximum absolute atomic E-state index is 13.9. The van der Waals surface area contributed by atoms with Crippen LogP contribution < -0.4 is 5.32 Å². The second-order valence-corrected chi connectivity index (χ2v) is 7.98. The molecule has 1 saturated heterocycles. The molecule has 3 heterocycles. The Morgan fingerprint density at radius 3 is 2.61 bits per heavy atom. The molecule has 4 rings (SSSR count). The second-order valence-electron chi connectivity index (χ2n) is 7.98. The molecule has 7 nitrogen and oxygen atoms in total. The van der Waals surface area contributed by atoms with Crippen LogP contribution in [-0.2, 0) is 6.18 Å². The summed E-state index contributed by atoms with van der Waals surface area (Å²) in [7, 11) is 0. The fraction of sp³-hybridized carbons (Fsp3) is 0.364. The summed E-state index contributed by atoms with van der Waals surface area (Å²) in [5, 5.41) is 11.1. The Balaban J connectivity index is 1.55. The number of benzene rings is 1. The standard InChI is InChI=1S/C22H22F4N6O/c1-14-3-2-10-31(19(14)13-28-20-7-4-15(12-27-20)22(24,25)26)21(33)17-6-5-16(23)11-18(17)32-29-8-9-30-32/h4-9,11-12,14,19H,2-3,10,13H2,1H3,(H,27,28)/t14?,19-/m1/s1. The van der Waals surface area contributed by atoms with Crippen molar-refractivity contribution in [2.45, 2.75) is 32.0 Å². The molecular weight excluding hydrogens is 440 g/mol. The average molecular weight is 462 g/mol. The molecule has 3 aromatic rings. The fourth-order valence-corrected chi connectivity index (χ4v) is 4.03. The first-order valence-electron chi connectivity index (χ1n) is 10.5. The van der Waals surface area contributed by atoms with E-state index in [-0.39, 0.29) is 34.9 Å². The average Bonchev–Trinajstić information content (AvgIpc) is 3.32. The third-order valence-corrected chi connectivity index (χ3v) is 5.78. The highest BCUT2D eigenvalue weighted by atomic mass is 19.4. The zero-order valence-electron chi connectivity index (χ0n) is 17.8. The van der Waals surface area contributed by atoms with Crippen molar-refractivity contribution in [1.29, 1.82) is 0 Å². The Bertz CT molecular complexity index is 1100. The molecule has 0 saturated carbocycles. The summed E-state index contributed by atoms with van der Waals surface area (Å²) in [4.78, 5) is 20.3. The number of anilines is 1. The SMILES string of the molecule is CC1CCCN(C(=O)c2ccc(F)cc2-n2nccn2)[C@@H]1CNc1ccc(C(F)(F)F)cn1. The number of amides is 1. The van der Waals surface area contributed by atoms with Crippen molar-refractivity contribution in [1.82, 2.24) is 24.9 Å². The maximum atomic E-state index is 13.9. The number of carbonyl (C=O) groups is 1. The van der Waals surface area contributed by atoms with Crippen LogP contribution in [0.5, 0.6) is 0 Å². The van der Waals surface area contributed by atoms with Gasteiger partial charge in [0, 0.05) is 25.4 Å². The third kappa shape index (κ3) is 4.96. The number of nitrogens with one attached hydrogen (secondary N) is 1. The highest BCUT2D eigenvalue weighted by Crippen LogP contribution is 2.30. The van der Waals surface area contributed by atoms with Gasteiger partial charge in [-0.05, 0) is 43.0 Å². The lowest BCUT2D eigenvalue weighted by Crippen LogP contribution is -2.51. The van der Waals surface area contributed by atoms with E-state index < -0.39 is 17.6 Å². The van der Waals surface area contributed by atoms with Gasteiger partial charge < -0.3 is 10.2 Å². The van der Waals surface area contributed by atoms with Gasteiger partial charge >= 0.3 is 6.18 Å². The number of carbonyl (C=O) groups excluding carboxylic acids is 1. The van der Waals surface area contributed by atoms with E-state index in [0.717, 1.165) is 25.1 Å². The second kappa shape index (κ2) is 9.16. The van der Waals surface area contributed by atoms with E-state index in [9.17, 15) is 22.4 Å². The summed E-state index contributed by atoms with van der Waals surface area (Å²) in [5.74, 6) is -0.383. The highest BCUT2D eigenvalue weighted by Gasteiger charge is 2.34. The Labute approximate surface area is 187 Å². The van der Waals surface area contributed by atoms with Crippen LogP contribution in [0.1, 0.15) is 35.7 Å². The molecule has 1 fully saturated rings. The van der Waals surface area contributed by atoms with Crippen LogP contribution in [0.15, 0.2) is 48.9 Å². The number of piperidine rings is 1. The van der Waals surface area contributed by atoms with E-state index >= 15 is 0 Å². The van der Waals surface area contributed by atoms with Crippen LogP contribution in [0.3, 0.4) is 0 Å². The smallest absolute Gasteiger partial charge is 0.368 e. The molecule has 0 spiro atoms. The molecule has 1 aliphatic heterocycles. The number of pyridine rings is 1. The molecule has 2 aromatic heterocycles. The number of aromatic nitrogens is 4. The number of halogens is 4. The van der Waals surface area contributed by atoms with E-state index in [1.807, 2.05) is 6.92 Å². The Hall–Kier alpha value is -3.50. The van der Waals surface area contributed by atoms with Crippen LogP contribution in [-0.4, -0.2) is 49.9 Å². The normalized spacial score (nSPS) is 18.9. The number of nitrogens with zero attached hydrogens (tertiary/aromatic N) is 5. The van der Waals surface area contributed by atoms with Gasteiger partial charge in [0.25, 0.3) is 5.91 Å². The van der Waals surface area contributed by atoms with E-state index in [1.54, 1.807) is 4.90 Å². The van der Waals surface area contributed by atoms with Crippen LogP contribution in [0, 0.1) is 11.7 Å². The van der Waals surface area contributed by atoms with Crippen molar-refractivity contribution >= 4 is 11.7 Å². The van der Waals surface area contributed by atoms with Crippen LogP contribution in [0.4, 0.5) is 23.4 Å². The minimum Gasteiger partial charge on any atom is -0.368 e. The van der Waals surface area contributed by atoms with Crippen molar-refractivity contribution < 1.29 is 22.4 Å². The van der Waals surface area contributed by atoms with Crippen molar-refractivity contribution in [2.75, 3.05) is 18.4 Å². The van der Waals surface area contributed by atoms with E-state index in [0.29, 0.717) is 13.1 Å². The Morgan fingerprint density at radius 1 is 1.18 bits per heavy atom. The largest absolute Gasteiger partial charge is 0.417 e. The van der Waals surface area contributed by atoms with Gasteiger partial charge in [-0.15, -0.1) is 0 Å². The van der Waals surface area contributed by atoms with Gasteiger partial charge in [0.1, 0.15) is 17.3 Å². The molecule has 1 aromatic carbocycles. The van der Waals surface area contributed by atoms with Crippen LogP contribution in [0.2, 0.25) is 0 Å². The van der Waals surface area contributed by atoms with E-state index in [1.165, 1.54) is 41.5 Å². The predicted octanol–water partition coefficient (Wildman–Crippen LogP) is 4.17. The molecule has 0 aliphatic carbocycles. The predicted molar refractivity (Wildman–Crippen MR) is 112 cm³/mol. The summed E-state index contributed by atoms with van der Waals surface area (Å²) in [5.41, 5.74) is -0.328. The third-order valence-electron chi connectivity index (χ3n) is 5.78. The lowest BCUT2D eigenvalue weighted by Gasteiger charge is -2.40. The summed E-state index contributed by atoms with van der Waals surface area (Å²) in [6, 6.07) is 5.83. The first kappa shape index (κ1) is 22.7. The molecule has 0 radical (unpaired) electrons. The number of rotatable bonds is 5. The fourth-order valence-electron chi connectivity index (χ4n) is 4.03. The molecule has 11 heteroatoms. The van der Waals surface area contributed by atoms with Crippen molar-refractivity contribution in [3.05, 3.63) is 65.9 Å². The van der Waals surface area contributed by atoms with Crippen molar-refractivity contribution in [3.8, 4) is 5.69 Å². The van der Waals surface area contributed by atoms with E-state index in [2.05, 4.69) is 20.5 Å². The number of likely N-dealkylation sites (tertiary alicyclic amines) is 1. The summed E-state index contributed by atoms with van der Waals surface area (Å²) in [6.07, 6.45) is 0.893. The lowest BCUT2D eigenvalue weighted by atomic mass is 9.90. The van der Waals surface area contributed by atoms with Crippen LogP contribution >= 0.6 is 0 Å². The molecule has 1 unspecified atom stereocenters. The van der Waals surface area contributed by atoms with Crippen molar-refractivity contribution in [2.24, 2.45) is 5.92 Å². The minimum absolute atomic E-state index is 0.136. The van der Waals surface area contributed by atoms with Crippen molar-refractivity contribution in [3.63, 3.8) is 0 Å². The number of alkyl halides is 3. The summed E-state index contributed by atoms with van der Waals surface area (Å²) >= 11 is 0. The first-order valence-corrected chi connectivity index (χ1v) is 10.5. The highest BCUT2D eigenvalue weighted by molar-refractivity contribution is 5.98. The summed E-state index contributed by atoms with van der Waals surface area (Å²) < 4.78 is 52.2. The minimum atomic E-state index is -4.46. The van der Waals surface area contributed by atoms with E-state index in [4.69, 9.17) is 0 Å². The summed E-state index contributed by atoms with van der Waals surface area (Å²) in [6.45, 7) is 2.83. The lowest BCUT2D eigenvalue weighted by molar-refractivity contribution is -0.137. The zero-order valence-corrected chi connectivity index (χ0v) is 17.8. The molecule has 174 valence electrons. The van der Waals surface area contributed by atoms with Gasteiger partial charge in [-0.3, -0.25) is 4.79 Å². The van der Waals surface area contributed by atoms with Gasteiger partial charge in [-0.25, -0.2) is 9.37 Å². The van der Waals surface area contributed by atoms with Gasteiger partial charge in [-0.1, -0.05) is 6.92 Å². The maximum Gasteiger partial charge on any atom is 0.417 e. The zero-order chi connectivity index (χ0) is 23.6. The van der Waals surface area contributed by atoms with Gasteiger partial charge in [-0.2, -0.15) is 28.2 Å². The van der Waals surface area contributed by atoms with Gasteiger partial charge in [0.2, 0.25) is 0 Å². The number of hydrogen-bond acceptors (Lipinski definition) is 5. The molecule has 1 amide bonds. The molecule has 1 N–H and O–H groups in total. The topological polar surface area (TPSA) is 75.9 Å². The molecule has 33 heavy (non-hydrogen) atoms. The molecule has 1 aliphatic rings.